The summed E-state index contributed by atoms with van der Waals surface area (Å²) >= 11 is 1.58. The molecule has 2 aromatic carbocycles. The van der Waals surface area contributed by atoms with E-state index < -0.39 is 11.9 Å². The van der Waals surface area contributed by atoms with Crippen LogP contribution in [0.2, 0.25) is 0 Å². The summed E-state index contributed by atoms with van der Waals surface area (Å²) in [5.41, 5.74) is 1.47. The Morgan fingerprint density at radius 2 is 1.80 bits per heavy atom. The fourth-order valence-electron chi connectivity index (χ4n) is 2.29. The van der Waals surface area contributed by atoms with Crippen molar-refractivity contribution in [2.45, 2.75) is 16.9 Å². The third-order valence-electron chi connectivity index (χ3n) is 3.58. The predicted molar refractivity (Wildman–Crippen MR) is 97.9 cm³/mol. The van der Waals surface area contributed by atoms with Gasteiger partial charge >= 0.3 is 0 Å². The minimum atomic E-state index is -0.955. The summed E-state index contributed by atoms with van der Waals surface area (Å²) in [5.74, 6) is 0.931. The standard InChI is InChI=1S/C19H18FN3OS/c20-16-9-5-4-8-15(16)17(24)10-22-18-11-21-12-19(23-18)25-13-14-6-2-1-3-7-14/h1-9,11-12,17,24H,10,13H2,(H,22,23). The van der Waals surface area contributed by atoms with E-state index in [2.05, 4.69) is 27.4 Å². The SMILES string of the molecule is OC(CNc1cncc(SCc2ccccc2)n1)c1ccccc1F. The molecule has 0 aliphatic carbocycles. The molecular weight excluding hydrogens is 337 g/mol. The fraction of sp³-hybridized carbons (Fsp3) is 0.158. The second kappa shape index (κ2) is 8.60. The Hall–Kier alpha value is -2.44. The van der Waals surface area contributed by atoms with Crippen LogP contribution < -0.4 is 5.32 Å². The van der Waals surface area contributed by atoms with Crippen LogP contribution >= 0.6 is 11.8 Å². The maximum absolute atomic E-state index is 13.7. The minimum Gasteiger partial charge on any atom is -0.386 e. The molecule has 0 fully saturated rings. The highest BCUT2D eigenvalue weighted by Gasteiger charge is 2.12. The smallest absolute Gasteiger partial charge is 0.145 e. The van der Waals surface area contributed by atoms with Crippen LogP contribution in [0.15, 0.2) is 72.0 Å². The van der Waals surface area contributed by atoms with Gasteiger partial charge in [0.25, 0.3) is 0 Å². The first kappa shape index (κ1) is 17.4. The van der Waals surface area contributed by atoms with E-state index in [1.807, 2.05) is 18.2 Å². The van der Waals surface area contributed by atoms with Gasteiger partial charge in [0.15, 0.2) is 0 Å². The molecule has 128 valence electrons. The number of benzene rings is 2. The maximum Gasteiger partial charge on any atom is 0.145 e. The Balaban J connectivity index is 1.57. The van der Waals surface area contributed by atoms with Crippen LogP contribution in [-0.4, -0.2) is 21.6 Å². The molecule has 4 nitrogen and oxygen atoms in total. The molecule has 0 aliphatic heterocycles. The molecule has 1 atom stereocenters. The molecular formula is C19H18FN3OS. The van der Waals surface area contributed by atoms with Crippen LogP contribution in [0, 0.1) is 5.82 Å². The third-order valence-corrected chi connectivity index (χ3v) is 4.55. The van der Waals surface area contributed by atoms with Crippen LogP contribution in [0.1, 0.15) is 17.2 Å². The summed E-state index contributed by atoms with van der Waals surface area (Å²) in [7, 11) is 0. The number of hydrogen-bond acceptors (Lipinski definition) is 5. The molecule has 1 heterocycles. The van der Waals surface area contributed by atoms with Crippen LogP contribution in [0.4, 0.5) is 10.2 Å². The van der Waals surface area contributed by atoms with Crippen molar-refractivity contribution in [1.82, 2.24) is 9.97 Å². The minimum absolute atomic E-state index is 0.155. The average Bonchev–Trinajstić information content (AvgIpc) is 2.66. The summed E-state index contributed by atoms with van der Waals surface area (Å²) in [6.45, 7) is 0.155. The zero-order chi connectivity index (χ0) is 17.5. The van der Waals surface area contributed by atoms with E-state index >= 15 is 0 Å². The van der Waals surface area contributed by atoms with Crippen molar-refractivity contribution in [2.75, 3.05) is 11.9 Å². The van der Waals surface area contributed by atoms with Crippen LogP contribution in [-0.2, 0) is 5.75 Å². The van der Waals surface area contributed by atoms with Crippen molar-refractivity contribution in [3.8, 4) is 0 Å². The lowest BCUT2D eigenvalue weighted by molar-refractivity contribution is 0.186. The van der Waals surface area contributed by atoms with E-state index in [9.17, 15) is 9.50 Å². The lowest BCUT2D eigenvalue weighted by atomic mass is 10.1. The van der Waals surface area contributed by atoms with E-state index in [0.717, 1.165) is 10.8 Å². The van der Waals surface area contributed by atoms with Gasteiger partial charge in [0.2, 0.25) is 0 Å². The number of aliphatic hydroxyl groups excluding tert-OH is 1. The van der Waals surface area contributed by atoms with Crippen molar-refractivity contribution in [1.29, 1.82) is 0 Å². The molecule has 0 amide bonds. The lowest BCUT2D eigenvalue weighted by Crippen LogP contribution is -2.14. The molecule has 0 saturated carbocycles. The molecule has 0 aliphatic rings. The first-order valence-corrected chi connectivity index (χ1v) is 8.86. The number of aliphatic hydroxyl groups is 1. The molecule has 0 radical (unpaired) electrons. The first-order chi connectivity index (χ1) is 12.2. The van der Waals surface area contributed by atoms with Crippen molar-refractivity contribution >= 4 is 17.6 Å². The molecule has 3 rings (SSSR count). The van der Waals surface area contributed by atoms with Gasteiger partial charge in [-0.1, -0.05) is 48.5 Å². The molecule has 2 N–H and O–H groups in total. The number of halogens is 1. The first-order valence-electron chi connectivity index (χ1n) is 7.87. The Bertz CT molecular complexity index is 817. The molecule has 1 aromatic heterocycles. The van der Waals surface area contributed by atoms with Crippen molar-refractivity contribution in [3.63, 3.8) is 0 Å². The molecule has 6 heteroatoms. The summed E-state index contributed by atoms with van der Waals surface area (Å²) in [6, 6.07) is 16.3. The van der Waals surface area contributed by atoms with Crippen LogP contribution in [0.25, 0.3) is 0 Å². The third kappa shape index (κ3) is 5.01. The van der Waals surface area contributed by atoms with E-state index in [1.54, 1.807) is 42.4 Å². The quantitative estimate of drug-likeness (QED) is 0.626. The fourth-order valence-corrected chi connectivity index (χ4v) is 3.10. The van der Waals surface area contributed by atoms with Gasteiger partial charge in [-0.05, 0) is 11.6 Å². The molecule has 0 spiro atoms. The number of rotatable bonds is 7. The number of anilines is 1. The van der Waals surface area contributed by atoms with Gasteiger partial charge in [0.1, 0.15) is 16.7 Å². The lowest BCUT2D eigenvalue weighted by Gasteiger charge is -2.13. The largest absolute Gasteiger partial charge is 0.386 e. The Morgan fingerprint density at radius 3 is 2.60 bits per heavy atom. The molecule has 1 unspecified atom stereocenters. The van der Waals surface area contributed by atoms with Gasteiger partial charge < -0.3 is 10.4 Å². The molecule has 25 heavy (non-hydrogen) atoms. The summed E-state index contributed by atoms with van der Waals surface area (Å²) in [5, 5.41) is 13.9. The normalized spacial score (nSPS) is 11.9. The zero-order valence-corrected chi connectivity index (χ0v) is 14.3. The van der Waals surface area contributed by atoms with Crippen LogP contribution in [0.3, 0.4) is 0 Å². The summed E-state index contributed by atoms with van der Waals surface area (Å²) < 4.78 is 13.7. The van der Waals surface area contributed by atoms with E-state index in [0.29, 0.717) is 5.82 Å². The van der Waals surface area contributed by atoms with Crippen molar-refractivity contribution in [2.24, 2.45) is 0 Å². The van der Waals surface area contributed by atoms with E-state index in [1.165, 1.54) is 11.6 Å². The number of aromatic nitrogens is 2. The van der Waals surface area contributed by atoms with Gasteiger partial charge in [-0.25, -0.2) is 9.37 Å². The number of nitrogens with zero attached hydrogens (tertiary/aromatic N) is 2. The predicted octanol–water partition coefficient (Wildman–Crippen LogP) is 4.05. The second-order valence-electron chi connectivity index (χ2n) is 5.44. The highest BCUT2D eigenvalue weighted by molar-refractivity contribution is 7.98. The van der Waals surface area contributed by atoms with Crippen LogP contribution in [0.5, 0.6) is 0 Å². The summed E-state index contributed by atoms with van der Waals surface area (Å²) in [4.78, 5) is 8.62. The molecule has 0 bridgehead atoms. The van der Waals surface area contributed by atoms with E-state index in [-0.39, 0.29) is 12.1 Å². The number of nitrogens with one attached hydrogen (secondary N) is 1. The van der Waals surface area contributed by atoms with Gasteiger partial charge in [0, 0.05) is 17.9 Å². The van der Waals surface area contributed by atoms with E-state index in [4.69, 9.17) is 0 Å². The topological polar surface area (TPSA) is 58.0 Å². The monoisotopic (exact) mass is 355 g/mol. The van der Waals surface area contributed by atoms with Crippen molar-refractivity contribution in [3.05, 3.63) is 83.9 Å². The second-order valence-corrected chi connectivity index (χ2v) is 6.43. The van der Waals surface area contributed by atoms with Gasteiger partial charge in [-0.15, -0.1) is 11.8 Å². The Kier molecular flexibility index (Phi) is 5.98. The highest BCUT2D eigenvalue weighted by atomic mass is 32.2. The van der Waals surface area contributed by atoms with Gasteiger partial charge in [-0.3, -0.25) is 4.98 Å². The number of hydrogen-bond donors (Lipinski definition) is 2. The Labute approximate surface area is 150 Å². The highest BCUT2D eigenvalue weighted by Crippen LogP contribution is 2.22. The molecule has 3 aromatic rings. The van der Waals surface area contributed by atoms with Gasteiger partial charge in [0.05, 0.1) is 18.5 Å². The summed E-state index contributed by atoms with van der Waals surface area (Å²) in [6.07, 6.45) is 2.33. The Morgan fingerprint density at radius 1 is 1.04 bits per heavy atom. The zero-order valence-electron chi connectivity index (χ0n) is 13.5. The maximum atomic E-state index is 13.7. The number of thioether (sulfide) groups is 1. The van der Waals surface area contributed by atoms with Gasteiger partial charge in [-0.2, -0.15) is 0 Å². The molecule has 0 saturated heterocycles. The van der Waals surface area contributed by atoms with Crippen molar-refractivity contribution < 1.29 is 9.50 Å². The average molecular weight is 355 g/mol.